The summed E-state index contributed by atoms with van der Waals surface area (Å²) in [5.41, 5.74) is 2.46. The molecule has 0 spiro atoms. The van der Waals surface area contributed by atoms with Crippen molar-refractivity contribution in [1.29, 1.82) is 0 Å². The first-order valence-electron chi connectivity index (χ1n) is 8.92. The van der Waals surface area contributed by atoms with Crippen LogP contribution in [0.5, 0.6) is 0 Å². The van der Waals surface area contributed by atoms with Crippen molar-refractivity contribution in [3.05, 3.63) is 65.5 Å². The number of aromatic nitrogens is 1. The highest BCUT2D eigenvalue weighted by molar-refractivity contribution is 7.97. The number of amides is 1. The van der Waals surface area contributed by atoms with Gasteiger partial charge in [0.1, 0.15) is 5.69 Å². The molecule has 1 aromatic heterocycles. The predicted octanol–water partition coefficient (Wildman–Crippen LogP) is 4.15. The van der Waals surface area contributed by atoms with Crippen molar-refractivity contribution < 1.29 is 9.53 Å². The fourth-order valence-electron chi connectivity index (χ4n) is 3.39. The molecule has 1 fully saturated rings. The number of carbonyl (C=O) groups excluding carboxylic acids is 1. The summed E-state index contributed by atoms with van der Waals surface area (Å²) in [5, 5.41) is 0. The maximum atomic E-state index is 13.4. The van der Waals surface area contributed by atoms with Gasteiger partial charge in [-0.2, -0.15) is 11.8 Å². The number of benzene rings is 1. The first-order valence-corrected chi connectivity index (χ1v) is 10.3. The Labute approximate surface area is 160 Å². The summed E-state index contributed by atoms with van der Waals surface area (Å²) in [7, 11) is 0. The highest BCUT2D eigenvalue weighted by atomic mass is 32.2. The highest BCUT2D eigenvalue weighted by Gasteiger charge is 2.38. The van der Waals surface area contributed by atoms with Crippen LogP contribution in [0, 0.1) is 0 Å². The molecule has 138 valence electrons. The number of pyridine rings is 1. The standard InChI is InChI=1S/C21H26N2O2S/c1-21(2)12-18(14-25-21)23(13-16-8-5-4-6-9-16)20(24)19-17(15-26-3)10-7-11-22-19/h4-11,18H,12-15H2,1-3H3. The Bertz CT molecular complexity index is 749. The molecule has 5 heteroatoms. The third kappa shape index (κ3) is 4.46. The molecule has 4 nitrogen and oxygen atoms in total. The van der Waals surface area contributed by atoms with Gasteiger partial charge in [-0.1, -0.05) is 36.4 Å². The van der Waals surface area contributed by atoms with Crippen LogP contribution in [0.2, 0.25) is 0 Å². The van der Waals surface area contributed by atoms with Crippen LogP contribution in [0.1, 0.15) is 41.9 Å². The van der Waals surface area contributed by atoms with Gasteiger partial charge in [-0.25, -0.2) is 0 Å². The first-order chi connectivity index (χ1) is 12.5. The van der Waals surface area contributed by atoms with Gasteiger partial charge in [0.15, 0.2) is 0 Å². The molecule has 0 radical (unpaired) electrons. The van der Waals surface area contributed by atoms with Gasteiger partial charge in [0.2, 0.25) is 0 Å². The predicted molar refractivity (Wildman–Crippen MR) is 106 cm³/mol. The van der Waals surface area contributed by atoms with Crippen LogP contribution in [0.15, 0.2) is 48.7 Å². The number of hydrogen-bond acceptors (Lipinski definition) is 4. The van der Waals surface area contributed by atoms with E-state index in [2.05, 4.69) is 31.0 Å². The van der Waals surface area contributed by atoms with Crippen LogP contribution in [0.25, 0.3) is 0 Å². The first kappa shape index (κ1) is 18.9. The smallest absolute Gasteiger partial charge is 0.273 e. The van der Waals surface area contributed by atoms with E-state index < -0.39 is 0 Å². The summed E-state index contributed by atoms with van der Waals surface area (Å²) in [6.07, 6.45) is 4.57. The molecular formula is C21H26N2O2S. The average Bonchev–Trinajstić information content (AvgIpc) is 3.00. The zero-order valence-electron chi connectivity index (χ0n) is 15.6. The fraction of sp³-hybridized carbons (Fsp3) is 0.429. The maximum Gasteiger partial charge on any atom is 0.273 e. The fourth-order valence-corrected chi connectivity index (χ4v) is 3.94. The van der Waals surface area contributed by atoms with Gasteiger partial charge in [-0.3, -0.25) is 9.78 Å². The minimum atomic E-state index is -0.202. The largest absolute Gasteiger partial charge is 0.373 e. The summed E-state index contributed by atoms with van der Waals surface area (Å²) in [6.45, 7) is 5.30. The van der Waals surface area contributed by atoms with E-state index in [1.807, 2.05) is 41.5 Å². The van der Waals surface area contributed by atoms with E-state index in [0.717, 1.165) is 23.3 Å². The number of rotatable bonds is 6. The Kier molecular flexibility index (Phi) is 5.99. The summed E-state index contributed by atoms with van der Waals surface area (Å²) < 4.78 is 5.92. The second-order valence-electron chi connectivity index (χ2n) is 7.29. The zero-order valence-corrected chi connectivity index (χ0v) is 16.5. The van der Waals surface area contributed by atoms with E-state index in [9.17, 15) is 4.79 Å². The maximum absolute atomic E-state index is 13.4. The monoisotopic (exact) mass is 370 g/mol. The molecule has 0 bridgehead atoms. The normalized spacial score (nSPS) is 18.7. The molecule has 1 aliphatic heterocycles. The molecule has 1 aromatic carbocycles. The van der Waals surface area contributed by atoms with Crippen molar-refractivity contribution in [2.24, 2.45) is 0 Å². The molecule has 0 N–H and O–H groups in total. The molecule has 1 amide bonds. The lowest BCUT2D eigenvalue weighted by Gasteiger charge is -2.29. The topological polar surface area (TPSA) is 42.4 Å². The van der Waals surface area contributed by atoms with Gasteiger partial charge >= 0.3 is 0 Å². The van der Waals surface area contributed by atoms with Crippen LogP contribution in [0.4, 0.5) is 0 Å². The van der Waals surface area contributed by atoms with Crippen LogP contribution in [-0.2, 0) is 17.0 Å². The second kappa shape index (κ2) is 8.23. The molecule has 1 unspecified atom stereocenters. The van der Waals surface area contributed by atoms with Crippen LogP contribution in [0.3, 0.4) is 0 Å². The van der Waals surface area contributed by atoms with Gasteiger partial charge in [0, 0.05) is 18.5 Å². The van der Waals surface area contributed by atoms with Gasteiger partial charge in [-0.15, -0.1) is 0 Å². The molecule has 0 aliphatic carbocycles. The third-order valence-electron chi connectivity index (χ3n) is 4.68. The van der Waals surface area contributed by atoms with E-state index in [1.54, 1.807) is 18.0 Å². The summed E-state index contributed by atoms with van der Waals surface area (Å²) in [5.74, 6) is 0.769. The highest BCUT2D eigenvalue weighted by Crippen LogP contribution is 2.30. The number of ether oxygens (including phenoxy) is 1. The van der Waals surface area contributed by atoms with E-state index in [-0.39, 0.29) is 17.6 Å². The Morgan fingerprint density at radius 1 is 1.27 bits per heavy atom. The second-order valence-corrected chi connectivity index (χ2v) is 8.16. The van der Waals surface area contributed by atoms with Crippen LogP contribution in [-0.4, -0.2) is 40.3 Å². The van der Waals surface area contributed by atoms with E-state index in [4.69, 9.17) is 4.74 Å². The van der Waals surface area contributed by atoms with Crippen molar-refractivity contribution in [3.8, 4) is 0 Å². The van der Waals surface area contributed by atoms with Crippen LogP contribution >= 0.6 is 11.8 Å². The van der Waals surface area contributed by atoms with Crippen molar-refractivity contribution in [2.45, 2.75) is 44.2 Å². The number of carbonyl (C=O) groups is 1. The Hall–Kier alpha value is -1.85. The van der Waals surface area contributed by atoms with Gasteiger partial charge in [-0.05, 0) is 43.7 Å². The van der Waals surface area contributed by atoms with Crippen molar-refractivity contribution >= 4 is 17.7 Å². The Morgan fingerprint density at radius 2 is 2.04 bits per heavy atom. The van der Waals surface area contributed by atoms with Crippen molar-refractivity contribution in [1.82, 2.24) is 9.88 Å². The summed E-state index contributed by atoms with van der Waals surface area (Å²) >= 11 is 1.70. The van der Waals surface area contributed by atoms with Crippen molar-refractivity contribution in [2.75, 3.05) is 12.9 Å². The molecule has 1 saturated heterocycles. The molecular weight excluding hydrogens is 344 g/mol. The lowest BCUT2D eigenvalue weighted by atomic mass is 10.0. The lowest BCUT2D eigenvalue weighted by Crippen LogP contribution is -2.41. The molecule has 1 atom stereocenters. The number of thioether (sulfide) groups is 1. The van der Waals surface area contributed by atoms with Crippen LogP contribution < -0.4 is 0 Å². The molecule has 2 aromatic rings. The Balaban J connectivity index is 1.91. The molecule has 3 rings (SSSR count). The third-order valence-corrected chi connectivity index (χ3v) is 5.28. The molecule has 0 saturated carbocycles. The zero-order chi connectivity index (χ0) is 18.6. The molecule has 2 heterocycles. The van der Waals surface area contributed by atoms with Crippen molar-refractivity contribution in [3.63, 3.8) is 0 Å². The summed E-state index contributed by atoms with van der Waals surface area (Å²) in [6, 6.07) is 14.1. The molecule has 26 heavy (non-hydrogen) atoms. The number of hydrogen-bond donors (Lipinski definition) is 0. The Morgan fingerprint density at radius 3 is 2.69 bits per heavy atom. The van der Waals surface area contributed by atoms with Gasteiger partial charge in [0.05, 0.1) is 18.2 Å². The van der Waals surface area contributed by atoms with E-state index in [0.29, 0.717) is 18.8 Å². The quantitative estimate of drug-likeness (QED) is 0.766. The average molecular weight is 371 g/mol. The van der Waals surface area contributed by atoms with E-state index in [1.165, 1.54) is 0 Å². The van der Waals surface area contributed by atoms with E-state index >= 15 is 0 Å². The lowest BCUT2D eigenvalue weighted by molar-refractivity contribution is 0.0315. The number of nitrogens with zero attached hydrogens (tertiary/aromatic N) is 2. The summed E-state index contributed by atoms with van der Waals surface area (Å²) in [4.78, 5) is 19.8. The minimum Gasteiger partial charge on any atom is -0.373 e. The van der Waals surface area contributed by atoms with Gasteiger partial charge < -0.3 is 9.64 Å². The van der Waals surface area contributed by atoms with Gasteiger partial charge in [0.25, 0.3) is 5.91 Å². The molecule has 1 aliphatic rings. The SMILES string of the molecule is CSCc1cccnc1C(=O)N(Cc1ccccc1)C1COC(C)(C)C1. The minimum absolute atomic E-state index is 0.00944.